The van der Waals surface area contributed by atoms with Crippen molar-refractivity contribution in [3.63, 3.8) is 0 Å². The number of para-hydroxylation sites is 1. The van der Waals surface area contributed by atoms with Crippen LogP contribution in [-0.2, 0) is 12.7 Å². The second-order valence-corrected chi connectivity index (χ2v) is 5.83. The van der Waals surface area contributed by atoms with Gasteiger partial charge in [-0.05, 0) is 31.2 Å². The number of benzene rings is 1. The van der Waals surface area contributed by atoms with Crippen LogP contribution in [0, 0.1) is 6.92 Å². The van der Waals surface area contributed by atoms with Gasteiger partial charge in [-0.15, -0.1) is 11.3 Å². The van der Waals surface area contributed by atoms with Gasteiger partial charge in [0.05, 0.1) is 23.4 Å². The number of alkyl halides is 3. The first-order valence-electron chi connectivity index (χ1n) is 6.08. The lowest BCUT2D eigenvalue weighted by Gasteiger charge is -2.13. The highest BCUT2D eigenvalue weighted by Crippen LogP contribution is 2.34. The molecule has 7 heteroatoms. The van der Waals surface area contributed by atoms with E-state index in [0.717, 1.165) is 15.8 Å². The zero-order valence-corrected chi connectivity index (χ0v) is 11.9. The molecule has 3 nitrogen and oxygen atoms in total. The van der Waals surface area contributed by atoms with Crippen molar-refractivity contribution in [2.45, 2.75) is 19.6 Å². The summed E-state index contributed by atoms with van der Waals surface area (Å²) in [6, 6.07) is 7.07. The first-order valence-corrected chi connectivity index (χ1v) is 6.90. The number of thiophene rings is 1. The molecule has 0 aliphatic carbocycles. The van der Waals surface area contributed by atoms with Crippen LogP contribution in [0.1, 0.15) is 25.7 Å². The maximum Gasteiger partial charge on any atom is 0.418 e. The Labute approximate surface area is 123 Å². The Morgan fingerprint density at radius 2 is 2.00 bits per heavy atom. The van der Waals surface area contributed by atoms with Crippen molar-refractivity contribution in [1.82, 2.24) is 5.32 Å². The van der Waals surface area contributed by atoms with Crippen molar-refractivity contribution in [3.05, 3.63) is 51.2 Å². The SMILES string of the molecule is Cc1ccc(CNC(=O)c2cccc(C(F)(F)F)c2N)s1. The van der Waals surface area contributed by atoms with Crippen LogP contribution in [0.15, 0.2) is 30.3 Å². The van der Waals surface area contributed by atoms with Crippen molar-refractivity contribution in [2.75, 3.05) is 5.73 Å². The number of rotatable bonds is 3. The van der Waals surface area contributed by atoms with Gasteiger partial charge in [0.15, 0.2) is 0 Å². The second kappa shape index (κ2) is 5.77. The van der Waals surface area contributed by atoms with Crippen LogP contribution in [0.5, 0.6) is 0 Å². The Morgan fingerprint density at radius 1 is 1.29 bits per heavy atom. The predicted molar refractivity (Wildman–Crippen MR) is 76.1 cm³/mol. The highest BCUT2D eigenvalue weighted by atomic mass is 32.1. The molecule has 0 aliphatic heterocycles. The number of carbonyl (C=O) groups is 1. The molecule has 0 unspecified atom stereocenters. The predicted octanol–water partition coefficient (Wildman–Crippen LogP) is 3.59. The number of hydrogen-bond donors (Lipinski definition) is 2. The van der Waals surface area contributed by atoms with Crippen molar-refractivity contribution < 1.29 is 18.0 Å². The van der Waals surface area contributed by atoms with E-state index in [0.29, 0.717) is 0 Å². The standard InChI is InChI=1S/C14H13F3N2OS/c1-8-5-6-9(21-8)7-19-13(20)10-3-2-4-11(12(10)18)14(15,16)17/h2-6H,7,18H2,1H3,(H,19,20). The van der Waals surface area contributed by atoms with Crippen molar-refractivity contribution in [2.24, 2.45) is 0 Å². The fourth-order valence-electron chi connectivity index (χ4n) is 1.85. The van der Waals surface area contributed by atoms with Gasteiger partial charge in [0.25, 0.3) is 5.91 Å². The van der Waals surface area contributed by atoms with Gasteiger partial charge in [0.1, 0.15) is 0 Å². The lowest BCUT2D eigenvalue weighted by molar-refractivity contribution is -0.136. The highest BCUT2D eigenvalue weighted by molar-refractivity contribution is 7.11. The van der Waals surface area contributed by atoms with Gasteiger partial charge in [0, 0.05) is 9.75 Å². The summed E-state index contributed by atoms with van der Waals surface area (Å²) in [5.41, 5.74) is 3.75. The molecule has 0 fully saturated rings. The van der Waals surface area contributed by atoms with Gasteiger partial charge in [0.2, 0.25) is 0 Å². The summed E-state index contributed by atoms with van der Waals surface area (Å²) in [4.78, 5) is 14.0. The Morgan fingerprint density at radius 3 is 2.57 bits per heavy atom. The minimum absolute atomic E-state index is 0.168. The van der Waals surface area contributed by atoms with E-state index >= 15 is 0 Å². The molecule has 1 aromatic heterocycles. The number of halogens is 3. The van der Waals surface area contributed by atoms with E-state index in [-0.39, 0.29) is 12.1 Å². The molecule has 0 atom stereocenters. The smallest absolute Gasteiger partial charge is 0.398 e. The third-order valence-electron chi connectivity index (χ3n) is 2.88. The van der Waals surface area contributed by atoms with Crippen molar-refractivity contribution in [1.29, 1.82) is 0 Å². The van der Waals surface area contributed by atoms with Gasteiger partial charge in [-0.2, -0.15) is 13.2 Å². The Kier molecular flexibility index (Phi) is 4.22. The van der Waals surface area contributed by atoms with Crippen LogP contribution in [0.2, 0.25) is 0 Å². The summed E-state index contributed by atoms with van der Waals surface area (Å²) < 4.78 is 38.2. The van der Waals surface area contributed by atoms with E-state index in [2.05, 4.69) is 5.32 Å². The molecule has 2 aromatic rings. The normalized spacial score (nSPS) is 11.4. The fourth-order valence-corrected chi connectivity index (χ4v) is 2.68. The average Bonchev–Trinajstić information content (AvgIpc) is 2.80. The molecule has 0 aliphatic rings. The monoisotopic (exact) mass is 314 g/mol. The summed E-state index contributed by atoms with van der Waals surface area (Å²) in [6.45, 7) is 2.19. The molecule has 1 aromatic carbocycles. The molecule has 21 heavy (non-hydrogen) atoms. The van der Waals surface area contributed by atoms with E-state index in [1.165, 1.54) is 23.5 Å². The number of carbonyl (C=O) groups excluding carboxylic acids is 1. The third kappa shape index (κ3) is 3.55. The van der Waals surface area contributed by atoms with Gasteiger partial charge in [-0.25, -0.2) is 0 Å². The molecule has 0 spiro atoms. The first-order chi connectivity index (χ1) is 9.79. The minimum atomic E-state index is -4.58. The third-order valence-corrected chi connectivity index (χ3v) is 3.88. The maximum absolute atomic E-state index is 12.7. The highest BCUT2D eigenvalue weighted by Gasteiger charge is 2.34. The molecule has 0 saturated carbocycles. The Hall–Kier alpha value is -2.02. The van der Waals surface area contributed by atoms with E-state index in [4.69, 9.17) is 5.73 Å². The molecule has 0 saturated heterocycles. The lowest BCUT2D eigenvalue weighted by Crippen LogP contribution is -2.24. The van der Waals surface area contributed by atoms with Crippen LogP contribution < -0.4 is 11.1 Å². The number of amides is 1. The topological polar surface area (TPSA) is 55.1 Å². The van der Waals surface area contributed by atoms with Gasteiger partial charge >= 0.3 is 6.18 Å². The fraction of sp³-hybridized carbons (Fsp3) is 0.214. The lowest BCUT2D eigenvalue weighted by atomic mass is 10.1. The molecular formula is C14H13F3N2OS. The number of anilines is 1. The Balaban J connectivity index is 2.16. The van der Waals surface area contributed by atoms with Gasteiger partial charge in [-0.3, -0.25) is 4.79 Å². The number of nitrogens with one attached hydrogen (secondary N) is 1. The zero-order valence-electron chi connectivity index (χ0n) is 11.1. The molecule has 1 amide bonds. The van der Waals surface area contributed by atoms with Crippen LogP contribution in [0.25, 0.3) is 0 Å². The van der Waals surface area contributed by atoms with Crippen molar-refractivity contribution >= 4 is 22.9 Å². The van der Waals surface area contributed by atoms with Crippen LogP contribution in [0.3, 0.4) is 0 Å². The molecule has 1 heterocycles. The van der Waals surface area contributed by atoms with E-state index < -0.39 is 23.3 Å². The number of hydrogen-bond acceptors (Lipinski definition) is 3. The van der Waals surface area contributed by atoms with Crippen LogP contribution in [-0.4, -0.2) is 5.91 Å². The zero-order chi connectivity index (χ0) is 15.6. The molecule has 112 valence electrons. The summed E-state index contributed by atoms with van der Waals surface area (Å²) in [5.74, 6) is -0.621. The van der Waals surface area contributed by atoms with E-state index in [9.17, 15) is 18.0 Å². The number of aryl methyl sites for hydroxylation is 1. The van der Waals surface area contributed by atoms with E-state index in [1.54, 1.807) is 0 Å². The van der Waals surface area contributed by atoms with Gasteiger partial charge < -0.3 is 11.1 Å². The second-order valence-electron chi connectivity index (χ2n) is 4.46. The maximum atomic E-state index is 12.7. The molecule has 2 rings (SSSR count). The summed E-state index contributed by atoms with van der Waals surface area (Å²) >= 11 is 1.51. The molecule has 0 radical (unpaired) electrons. The van der Waals surface area contributed by atoms with Crippen molar-refractivity contribution in [3.8, 4) is 0 Å². The average molecular weight is 314 g/mol. The number of nitrogens with two attached hydrogens (primary N) is 1. The summed E-state index contributed by atoms with van der Waals surface area (Å²) in [7, 11) is 0. The first kappa shape index (κ1) is 15.4. The largest absolute Gasteiger partial charge is 0.418 e. The van der Waals surface area contributed by atoms with Crippen LogP contribution in [0.4, 0.5) is 18.9 Å². The molecule has 0 bridgehead atoms. The Bertz CT molecular complexity index is 664. The van der Waals surface area contributed by atoms with E-state index in [1.807, 2.05) is 19.1 Å². The summed E-state index contributed by atoms with van der Waals surface area (Å²) in [6.07, 6.45) is -4.58. The summed E-state index contributed by atoms with van der Waals surface area (Å²) in [5, 5.41) is 2.57. The number of nitrogen functional groups attached to an aromatic ring is 1. The van der Waals surface area contributed by atoms with Crippen LogP contribution >= 0.6 is 11.3 Å². The minimum Gasteiger partial charge on any atom is -0.398 e. The quantitative estimate of drug-likeness (QED) is 0.851. The molecule has 3 N–H and O–H groups in total. The molecular weight excluding hydrogens is 301 g/mol. The van der Waals surface area contributed by atoms with Gasteiger partial charge in [-0.1, -0.05) is 6.07 Å².